The molecular formula is C42H29NS. The van der Waals surface area contributed by atoms with Crippen molar-refractivity contribution in [3.63, 3.8) is 0 Å². The van der Waals surface area contributed by atoms with E-state index in [0.717, 1.165) is 17.1 Å². The summed E-state index contributed by atoms with van der Waals surface area (Å²) in [5, 5.41) is 2.67. The van der Waals surface area contributed by atoms with Gasteiger partial charge in [-0.3, -0.25) is 0 Å². The molecule has 8 aromatic rings. The predicted molar refractivity (Wildman–Crippen MR) is 190 cm³/mol. The molecule has 0 atom stereocenters. The normalized spacial score (nSPS) is 11.2. The summed E-state index contributed by atoms with van der Waals surface area (Å²) in [6.07, 6.45) is 0. The monoisotopic (exact) mass is 579 g/mol. The second-order valence-electron chi connectivity index (χ2n) is 11.0. The maximum absolute atomic E-state index is 2.32. The third-order valence-corrected chi connectivity index (χ3v) is 9.50. The van der Waals surface area contributed by atoms with Crippen LogP contribution in [0.1, 0.15) is 0 Å². The lowest BCUT2D eigenvalue weighted by atomic mass is 9.96. The van der Waals surface area contributed by atoms with Crippen LogP contribution in [-0.2, 0) is 0 Å². The summed E-state index contributed by atoms with van der Waals surface area (Å²) in [6.45, 7) is 0. The molecule has 0 fully saturated rings. The standard InChI is InChI=1S/C42H29NS/c1-3-13-35(14-4-1)43(36-15-5-2-6-16-36)37-27-25-31(26-28-37)30-21-23-32(24-22-30)33-11-9-12-34(29-33)38-18-10-19-40-39-17-7-8-20-41(39)44-42(38)40/h1-29H. The zero-order valence-electron chi connectivity index (χ0n) is 24.1. The number of benzene rings is 7. The Hall–Kier alpha value is -5.44. The highest BCUT2D eigenvalue weighted by Crippen LogP contribution is 2.41. The molecule has 2 heteroatoms. The highest BCUT2D eigenvalue weighted by molar-refractivity contribution is 7.26. The first-order valence-corrected chi connectivity index (χ1v) is 15.8. The van der Waals surface area contributed by atoms with Crippen LogP contribution in [0, 0.1) is 0 Å². The molecule has 1 aromatic heterocycles. The first kappa shape index (κ1) is 26.2. The quantitative estimate of drug-likeness (QED) is 0.189. The van der Waals surface area contributed by atoms with Crippen molar-refractivity contribution in [2.75, 3.05) is 4.90 Å². The number of hydrogen-bond acceptors (Lipinski definition) is 2. The van der Waals surface area contributed by atoms with E-state index in [-0.39, 0.29) is 0 Å². The number of para-hydroxylation sites is 2. The Morgan fingerprint density at radius 3 is 1.52 bits per heavy atom. The van der Waals surface area contributed by atoms with Gasteiger partial charge in [0, 0.05) is 37.2 Å². The Bertz CT molecular complexity index is 2160. The molecule has 0 unspecified atom stereocenters. The topological polar surface area (TPSA) is 3.24 Å². The van der Waals surface area contributed by atoms with Crippen LogP contribution in [0.15, 0.2) is 176 Å². The Kier molecular flexibility index (Phi) is 6.75. The molecular weight excluding hydrogens is 551 g/mol. The van der Waals surface area contributed by atoms with Crippen molar-refractivity contribution in [3.8, 4) is 33.4 Å². The molecule has 0 N–H and O–H groups in total. The van der Waals surface area contributed by atoms with Crippen molar-refractivity contribution in [2.45, 2.75) is 0 Å². The largest absolute Gasteiger partial charge is 0.311 e. The molecule has 1 nitrogen and oxygen atoms in total. The van der Waals surface area contributed by atoms with Crippen LogP contribution < -0.4 is 4.90 Å². The summed E-state index contributed by atoms with van der Waals surface area (Å²) < 4.78 is 2.69. The van der Waals surface area contributed by atoms with Crippen LogP contribution >= 0.6 is 11.3 Å². The Morgan fingerprint density at radius 2 is 0.841 bits per heavy atom. The fourth-order valence-electron chi connectivity index (χ4n) is 6.10. The zero-order valence-corrected chi connectivity index (χ0v) is 24.9. The molecule has 0 bridgehead atoms. The minimum atomic E-state index is 1.13. The van der Waals surface area contributed by atoms with Crippen molar-refractivity contribution in [1.82, 2.24) is 0 Å². The van der Waals surface area contributed by atoms with Gasteiger partial charge in [-0.05, 0) is 81.9 Å². The molecule has 0 spiro atoms. The Balaban J connectivity index is 1.08. The molecule has 0 saturated carbocycles. The van der Waals surface area contributed by atoms with E-state index in [2.05, 4.69) is 181 Å². The molecule has 208 valence electrons. The fourth-order valence-corrected chi connectivity index (χ4v) is 7.34. The lowest BCUT2D eigenvalue weighted by molar-refractivity contribution is 1.28. The van der Waals surface area contributed by atoms with Gasteiger partial charge >= 0.3 is 0 Å². The van der Waals surface area contributed by atoms with Crippen LogP contribution in [0.5, 0.6) is 0 Å². The summed E-state index contributed by atoms with van der Waals surface area (Å²) in [5.74, 6) is 0. The number of fused-ring (bicyclic) bond motifs is 3. The molecule has 8 rings (SSSR count). The first-order chi connectivity index (χ1) is 21.8. The van der Waals surface area contributed by atoms with Gasteiger partial charge in [0.1, 0.15) is 0 Å². The molecule has 0 aliphatic carbocycles. The van der Waals surface area contributed by atoms with E-state index in [1.54, 1.807) is 0 Å². The molecule has 0 amide bonds. The lowest BCUT2D eigenvalue weighted by Crippen LogP contribution is -2.09. The van der Waals surface area contributed by atoms with Gasteiger partial charge in [-0.1, -0.05) is 127 Å². The van der Waals surface area contributed by atoms with E-state index >= 15 is 0 Å². The maximum atomic E-state index is 2.32. The maximum Gasteiger partial charge on any atom is 0.0462 e. The zero-order chi connectivity index (χ0) is 29.3. The van der Waals surface area contributed by atoms with Gasteiger partial charge in [0.2, 0.25) is 0 Å². The van der Waals surface area contributed by atoms with Crippen molar-refractivity contribution in [3.05, 3.63) is 176 Å². The van der Waals surface area contributed by atoms with E-state index in [9.17, 15) is 0 Å². The van der Waals surface area contributed by atoms with Crippen LogP contribution in [0.4, 0.5) is 17.1 Å². The van der Waals surface area contributed by atoms with E-state index in [4.69, 9.17) is 0 Å². The summed E-state index contributed by atoms with van der Waals surface area (Å²) in [4.78, 5) is 2.29. The van der Waals surface area contributed by atoms with Crippen molar-refractivity contribution in [2.24, 2.45) is 0 Å². The molecule has 0 aliphatic heterocycles. The third-order valence-electron chi connectivity index (χ3n) is 8.28. The van der Waals surface area contributed by atoms with Gasteiger partial charge in [-0.25, -0.2) is 0 Å². The van der Waals surface area contributed by atoms with Gasteiger partial charge in [0.15, 0.2) is 0 Å². The van der Waals surface area contributed by atoms with Gasteiger partial charge in [-0.2, -0.15) is 0 Å². The number of rotatable bonds is 6. The third kappa shape index (κ3) is 4.86. The Labute approximate surface area is 261 Å². The van der Waals surface area contributed by atoms with Gasteiger partial charge in [0.05, 0.1) is 0 Å². The summed E-state index contributed by atoms with van der Waals surface area (Å²) in [7, 11) is 0. The molecule has 7 aromatic carbocycles. The van der Waals surface area contributed by atoms with E-state index in [1.165, 1.54) is 53.6 Å². The average molecular weight is 580 g/mol. The second kappa shape index (κ2) is 11.3. The highest BCUT2D eigenvalue weighted by Gasteiger charge is 2.13. The van der Waals surface area contributed by atoms with Gasteiger partial charge in [0.25, 0.3) is 0 Å². The number of hydrogen-bond donors (Lipinski definition) is 0. The predicted octanol–water partition coefficient (Wildman–Crippen LogP) is 12.5. The first-order valence-electron chi connectivity index (χ1n) is 14.9. The van der Waals surface area contributed by atoms with Crippen LogP contribution in [0.3, 0.4) is 0 Å². The van der Waals surface area contributed by atoms with Crippen molar-refractivity contribution >= 4 is 48.6 Å². The smallest absolute Gasteiger partial charge is 0.0462 e. The molecule has 44 heavy (non-hydrogen) atoms. The van der Waals surface area contributed by atoms with Gasteiger partial charge < -0.3 is 4.90 Å². The number of nitrogens with zero attached hydrogens (tertiary/aromatic N) is 1. The summed E-state index contributed by atoms with van der Waals surface area (Å²) in [6, 6.07) is 63.2. The van der Waals surface area contributed by atoms with Crippen molar-refractivity contribution in [1.29, 1.82) is 0 Å². The molecule has 1 heterocycles. The van der Waals surface area contributed by atoms with Crippen LogP contribution in [-0.4, -0.2) is 0 Å². The molecule has 0 aliphatic rings. The van der Waals surface area contributed by atoms with Gasteiger partial charge in [-0.15, -0.1) is 11.3 Å². The van der Waals surface area contributed by atoms with Crippen LogP contribution in [0.2, 0.25) is 0 Å². The van der Waals surface area contributed by atoms with E-state index < -0.39 is 0 Å². The highest BCUT2D eigenvalue weighted by atomic mass is 32.1. The molecule has 0 radical (unpaired) electrons. The Morgan fingerprint density at radius 1 is 0.341 bits per heavy atom. The SMILES string of the molecule is c1ccc(N(c2ccccc2)c2ccc(-c3ccc(-c4cccc(-c5cccc6c5sc5ccccc56)c4)cc3)cc2)cc1. The number of thiophene rings is 1. The number of anilines is 3. The minimum Gasteiger partial charge on any atom is -0.311 e. The van der Waals surface area contributed by atoms with Crippen LogP contribution in [0.25, 0.3) is 53.6 Å². The lowest BCUT2D eigenvalue weighted by Gasteiger charge is -2.25. The second-order valence-corrected chi connectivity index (χ2v) is 12.0. The fraction of sp³-hybridized carbons (Fsp3) is 0. The average Bonchev–Trinajstić information content (AvgIpc) is 3.49. The van der Waals surface area contributed by atoms with Crippen molar-refractivity contribution < 1.29 is 0 Å². The van der Waals surface area contributed by atoms with E-state index in [1.807, 2.05) is 11.3 Å². The molecule has 0 saturated heterocycles. The van der Waals surface area contributed by atoms with E-state index in [0.29, 0.717) is 0 Å². The minimum absolute atomic E-state index is 1.13. The summed E-state index contributed by atoms with van der Waals surface area (Å²) >= 11 is 1.88. The summed E-state index contributed by atoms with van der Waals surface area (Å²) in [5.41, 5.74) is 10.8.